The van der Waals surface area contributed by atoms with E-state index in [-0.39, 0.29) is 11.4 Å². The molecule has 10 heteroatoms. The van der Waals surface area contributed by atoms with Crippen molar-refractivity contribution in [2.75, 3.05) is 6.54 Å². The maximum atomic E-state index is 13.4. The minimum Gasteiger partial charge on any atom is -0.318 e. The maximum Gasteiger partial charge on any atom is 0.255 e. The normalized spacial score (nSPS) is 11.8. The highest BCUT2D eigenvalue weighted by atomic mass is 79.9. The van der Waals surface area contributed by atoms with E-state index in [0.717, 1.165) is 37.0 Å². The zero-order valence-electron chi connectivity index (χ0n) is 20.8. The fourth-order valence-electron chi connectivity index (χ4n) is 4.04. The van der Waals surface area contributed by atoms with E-state index in [1.54, 1.807) is 18.3 Å². The highest BCUT2D eigenvalue weighted by Crippen LogP contribution is 2.22. The Morgan fingerprint density at radius 1 is 1.03 bits per heavy atom. The van der Waals surface area contributed by atoms with Gasteiger partial charge in [-0.05, 0) is 74.0 Å². The number of benzene rings is 3. The number of sulfonamides is 1. The van der Waals surface area contributed by atoms with E-state index in [2.05, 4.69) is 31.0 Å². The van der Waals surface area contributed by atoms with E-state index in [1.807, 2.05) is 74.5 Å². The zero-order chi connectivity index (χ0) is 27.3. The standard InChI is InChI=1S/C28H26BrClN4O3S/c1-20-16-23(21(2)34(20)26-12-10-25(30)11-13-26)17-31-32-28(35)19-33(18-22-6-4-3-5-7-22)38(36,37)27-14-8-24(29)9-15-27/h3-17H,18-19H2,1-2H3,(H,32,35)/b31-17+. The summed E-state index contributed by atoms with van der Waals surface area (Å²) < 4.78 is 30.8. The lowest BCUT2D eigenvalue weighted by Gasteiger charge is -2.21. The van der Waals surface area contributed by atoms with Crippen LogP contribution in [-0.2, 0) is 21.4 Å². The summed E-state index contributed by atoms with van der Waals surface area (Å²) >= 11 is 9.34. The maximum absolute atomic E-state index is 13.4. The first kappa shape index (κ1) is 27.8. The summed E-state index contributed by atoms with van der Waals surface area (Å²) in [6.07, 6.45) is 1.55. The van der Waals surface area contributed by atoms with Crippen LogP contribution in [0.2, 0.25) is 5.02 Å². The molecule has 0 saturated heterocycles. The molecule has 38 heavy (non-hydrogen) atoms. The van der Waals surface area contributed by atoms with E-state index in [0.29, 0.717) is 5.02 Å². The summed E-state index contributed by atoms with van der Waals surface area (Å²) in [6, 6.07) is 24.9. The number of aromatic nitrogens is 1. The lowest BCUT2D eigenvalue weighted by Crippen LogP contribution is -2.39. The monoisotopic (exact) mass is 612 g/mol. The predicted octanol–water partition coefficient (Wildman–Crippen LogP) is 5.85. The Balaban J connectivity index is 1.51. The lowest BCUT2D eigenvalue weighted by molar-refractivity contribution is -0.121. The van der Waals surface area contributed by atoms with Crippen molar-refractivity contribution in [3.8, 4) is 5.69 Å². The molecule has 0 aliphatic rings. The minimum absolute atomic E-state index is 0.0403. The summed E-state index contributed by atoms with van der Waals surface area (Å²) in [4.78, 5) is 12.9. The third-order valence-corrected chi connectivity index (χ3v) is 8.51. The Morgan fingerprint density at radius 3 is 2.34 bits per heavy atom. The van der Waals surface area contributed by atoms with Crippen molar-refractivity contribution >= 4 is 49.7 Å². The molecule has 0 unspecified atom stereocenters. The number of hydrogen-bond donors (Lipinski definition) is 1. The molecule has 0 bridgehead atoms. The van der Waals surface area contributed by atoms with Crippen LogP contribution in [0.1, 0.15) is 22.5 Å². The van der Waals surface area contributed by atoms with Gasteiger partial charge in [0.2, 0.25) is 10.0 Å². The van der Waals surface area contributed by atoms with Gasteiger partial charge in [-0.25, -0.2) is 13.8 Å². The smallest absolute Gasteiger partial charge is 0.255 e. The SMILES string of the molecule is Cc1cc(/C=N/NC(=O)CN(Cc2ccccc2)S(=O)(=O)c2ccc(Br)cc2)c(C)n1-c1ccc(Cl)cc1. The summed E-state index contributed by atoms with van der Waals surface area (Å²) in [6.45, 7) is 3.58. The van der Waals surface area contributed by atoms with Crippen LogP contribution < -0.4 is 5.43 Å². The molecule has 4 aromatic rings. The first-order valence-electron chi connectivity index (χ1n) is 11.7. The molecule has 7 nitrogen and oxygen atoms in total. The summed E-state index contributed by atoms with van der Waals surface area (Å²) in [5.74, 6) is -0.552. The second kappa shape index (κ2) is 12.1. The average Bonchev–Trinajstić information content (AvgIpc) is 3.17. The molecule has 0 radical (unpaired) electrons. The van der Waals surface area contributed by atoms with E-state index in [9.17, 15) is 13.2 Å². The summed E-state index contributed by atoms with van der Waals surface area (Å²) in [5.41, 5.74) is 6.95. The van der Waals surface area contributed by atoms with Gasteiger partial charge in [0.25, 0.3) is 5.91 Å². The molecule has 4 rings (SSSR count). The third kappa shape index (κ3) is 6.60. The Labute approximate surface area is 235 Å². The highest BCUT2D eigenvalue weighted by Gasteiger charge is 2.27. The second-order valence-electron chi connectivity index (χ2n) is 8.64. The number of amides is 1. The van der Waals surface area contributed by atoms with Gasteiger partial charge in [-0.2, -0.15) is 9.41 Å². The Kier molecular flexibility index (Phi) is 8.83. The van der Waals surface area contributed by atoms with E-state index in [1.165, 1.54) is 12.1 Å². The van der Waals surface area contributed by atoms with Gasteiger partial charge in [0.15, 0.2) is 0 Å². The van der Waals surface area contributed by atoms with Crippen LogP contribution in [-0.4, -0.2) is 36.0 Å². The van der Waals surface area contributed by atoms with Crippen LogP contribution in [0.4, 0.5) is 0 Å². The van der Waals surface area contributed by atoms with Gasteiger partial charge in [0.1, 0.15) is 0 Å². The Morgan fingerprint density at radius 2 is 1.68 bits per heavy atom. The number of rotatable bonds is 9. The molecule has 1 heterocycles. The van der Waals surface area contributed by atoms with Crippen molar-refractivity contribution in [1.29, 1.82) is 0 Å². The first-order chi connectivity index (χ1) is 18.1. The Bertz CT molecular complexity index is 1550. The van der Waals surface area contributed by atoms with Crippen LogP contribution in [0, 0.1) is 13.8 Å². The van der Waals surface area contributed by atoms with Crippen LogP contribution in [0.25, 0.3) is 5.69 Å². The van der Waals surface area contributed by atoms with Crippen molar-refractivity contribution in [3.63, 3.8) is 0 Å². The molecule has 196 valence electrons. The van der Waals surface area contributed by atoms with E-state index < -0.39 is 22.5 Å². The number of halogens is 2. The molecule has 0 aliphatic carbocycles. The molecule has 3 aromatic carbocycles. The molecule has 0 fully saturated rings. The average molecular weight is 614 g/mol. The van der Waals surface area contributed by atoms with Gasteiger partial charge in [-0.3, -0.25) is 4.79 Å². The van der Waals surface area contributed by atoms with Crippen LogP contribution in [0.3, 0.4) is 0 Å². The van der Waals surface area contributed by atoms with Crippen molar-refractivity contribution in [1.82, 2.24) is 14.3 Å². The fraction of sp³-hybridized carbons (Fsp3) is 0.143. The number of aryl methyl sites for hydroxylation is 1. The molecule has 1 amide bonds. The van der Waals surface area contributed by atoms with Gasteiger partial charge in [-0.15, -0.1) is 0 Å². The van der Waals surface area contributed by atoms with Crippen molar-refractivity contribution in [2.45, 2.75) is 25.3 Å². The van der Waals surface area contributed by atoms with Gasteiger partial charge in [-0.1, -0.05) is 57.9 Å². The molecule has 0 atom stereocenters. The second-order valence-corrected chi connectivity index (χ2v) is 11.9. The molecule has 1 N–H and O–H groups in total. The molecule has 1 aromatic heterocycles. The Hall–Kier alpha value is -3.24. The number of hydrogen-bond acceptors (Lipinski definition) is 4. The molecular formula is C28H26BrClN4O3S. The lowest BCUT2D eigenvalue weighted by atomic mass is 10.2. The molecule has 0 spiro atoms. The predicted molar refractivity (Wildman–Crippen MR) is 154 cm³/mol. The van der Waals surface area contributed by atoms with Gasteiger partial charge >= 0.3 is 0 Å². The first-order valence-corrected chi connectivity index (χ1v) is 14.3. The van der Waals surface area contributed by atoms with Crippen molar-refractivity contribution in [2.24, 2.45) is 5.10 Å². The molecular weight excluding hydrogens is 588 g/mol. The van der Waals surface area contributed by atoms with Gasteiger partial charge in [0, 0.05) is 38.7 Å². The number of carbonyl (C=O) groups is 1. The number of nitrogens with one attached hydrogen (secondary N) is 1. The zero-order valence-corrected chi connectivity index (χ0v) is 24.0. The van der Waals surface area contributed by atoms with Crippen LogP contribution in [0.15, 0.2) is 99.4 Å². The quantitative estimate of drug-likeness (QED) is 0.190. The molecule has 0 saturated carbocycles. The highest BCUT2D eigenvalue weighted by molar-refractivity contribution is 9.10. The molecule has 0 aliphatic heterocycles. The van der Waals surface area contributed by atoms with Crippen LogP contribution >= 0.6 is 27.5 Å². The largest absolute Gasteiger partial charge is 0.318 e. The minimum atomic E-state index is -3.94. The van der Waals surface area contributed by atoms with E-state index >= 15 is 0 Å². The summed E-state index contributed by atoms with van der Waals surface area (Å²) in [5, 5.41) is 4.76. The van der Waals surface area contributed by atoms with Gasteiger partial charge in [0.05, 0.1) is 17.7 Å². The number of carbonyl (C=O) groups excluding carboxylic acids is 1. The number of nitrogens with zero attached hydrogens (tertiary/aromatic N) is 3. The summed E-state index contributed by atoms with van der Waals surface area (Å²) in [7, 11) is -3.94. The topological polar surface area (TPSA) is 83.8 Å². The third-order valence-electron chi connectivity index (χ3n) is 5.92. The van der Waals surface area contributed by atoms with E-state index in [4.69, 9.17) is 11.6 Å². The van der Waals surface area contributed by atoms with Crippen molar-refractivity contribution in [3.05, 3.63) is 117 Å². The van der Waals surface area contributed by atoms with Crippen LogP contribution in [0.5, 0.6) is 0 Å². The fourth-order valence-corrected chi connectivity index (χ4v) is 5.82. The van der Waals surface area contributed by atoms with Crippen molar-refractivity contribution < 1.29 is 13.2 Å². The van der Waals surface area contributed by atoms with Gasteiger partial charge < -0.3 is 4.57 Å². The number of hydrazone groups is 1.